The highest BCUT2D eigenvalue weighted by Crippen LogP contribution is 2.15. The Balaban J connectivity index is 1.71. The number of hydrogen-bond acceptors (Lipinski definition) is 3. The van der Waals surface area contributed by atoms with Crippen molar-refractivity contribution in [2.45, 2.75) is 45.6 Å². The fourth-order valence-electron chi connectivity index (χ4n) is 3.43. The topological polar surface area (TPSA) is 44.8 Å². The van der Waals surface area contributed by atoms with E-state index in [1.165, 1.54) is 5.56 Å². The Kier molecular flexibility index (Phi) is 8.06. The third-order valence-corrected chi connectivity index (χ3v) is 5.01. The summed E-state index contributed by atoms with van der Waals surface area (Å²) in [5, 5.41) is 2.91. The zero-order valence-corrected chi connectivity index (χ0v) is 16.0. The molecule has 1 aromatic rings. The van der Waals surface area contributed by atoms with Crippen molar-refractivity contribution in [1.29, 1.82) is 0 Å². The first-order valence-electron chi connectivity index (χ1n) is 9.53. The Bertz CT molecular complexity index is 518. The molecule has 0 bridgehead atoms. The molecule has 2 rings (SSSR count). The normalized spacial score (nSPS) is 16.0. The van der Waals surface area contributed by atoms with E-state index >= 15 is 0 Å². The van der Waals surface area contributed by atoms with Gasteiger partial charge in [-0.2, -0.15) is 0 Å². The molecule has 1 fully saturated rings. The number of carbonyl (C=O) groups is 1. The zero-order valence-electron chi connectivity index (χ0n) is 16.0. The number of nitrogens with zero attached hydrogens (tertiary/aromatic N) is 2. The molecule has 1 unspecified atom stereocenters. The SMILES string of the molecule is CCN(CCCCN1CCCNC1=O)C(C)Cc1ccc(OC)cc1. The number of methoxy groups -OCH3 is 1. The van der Waals surface area contributed by atoms with E-state index in [4.69, 9.17) is 4.74 Å². The van der Waals surface area contributed by atoms with Crippen LogP contribution >= 0.6 is 0 Å². The molecule has 0 aromatic heterocycles. The first kappa shape index (κ1) is 19.6. The molecule has 5 nitrogen and oxygen atoms in total. The van der Waals surface area contributed by atoms with Crippen LogP contribution in [0.25, 0.3) is 0 Å². The molecule has 1 saturated heterocycles. The van der Waals surface area contributed by atoms with E-state index in [2.05, 4.69) is 36.2 Å². The number of unbranched alkanes of at least 4 members (excludes halogenated alkanes) is 1. The van der Waals surface area contributed by atoms with Gasteiger partial charge in [0.25, 0.3) is 0 Å². The Morgan fingerprint density at radius 2 is 2.04 bits per heavy atom. The molecule has 0 saturated carbocycles. The summed E-state index contributed by atoms with van der Waals surface area (Å²) < 4.78 is 5.22. The smallest absolute Gasteiger partial charge is 0.317 e. The molecule has 1 atom stereocenters. The summed E-state index contributed by atoms with van der Waals surface area (Å²) in [5.74, 6) is 0.908. The molecule has 1 aliphatic heterocycles. The summed E-state index contributed by atoms with van der Waals surface area (Å²) in [6.07, 6.45) is 4.31. The number of likely N-dealkylation sites (N-methyl/N-ethyl adjacent to an activating group) is 1. The zero-order chi connectivity index (χ0) is 18.1. The fraction of sp³-hybridized carbons (Fsp3) is 0.650. The number of benzene rings is 1. The van der Waals surface area contributed by atoms with Crippen molar-refractivity contribution in [3.63, 3.8) is 0 Å². The summed E-state index contributed by atoms with van der Waals surface area (Å²) in [7, 11) is 1.70. The minimum Gasteiger partial charge on any atom is -0.497 e. The quantitative estimate of drug-likeness (QED) is 0.661. The Labute approximate surface area is 152 Å². The van der Waals surface area contributed by atoms with E-state index in [1.54, 1.807) is 7.11 Å². The largest absolute Gasteiger partial charge is 0.497 e. The molecule has 25 heavy (non-hydrogen) atoms. The molecule has 0 radical (unpaired) electrons. The van der Waals surface area contributed by atoms with E-state index in [-0.39, 0.29) is 6.03 Å². The molecule has 0 aliphatic carbocycles. The Morgan fingerprint density at radius 3 is 2.68 bits per heavy atom. The van der Waals surface area contributed by atoms with Crippen LogP contribution in [0, 0.1) is 0 Å². The van der Waals surface area contributed by atoms with Crippen molar-refractivity contribution < 1.29 is 9.53 Å². The van der Waals surface area contributed by atoms with Crippen molar-refractivity contribution in [3.05, 3.63) is 29.8 Å². The van der Waals surface area contributed by atoms with Gasteiger partial charge in [-0.15, -0.1) is 0 Å². The summed E-state index contributed by atoms with van der Waals surface area (Å²) in [6.45, 7) is 9.26. The lowest BCUT2D eigenvalue weighted by atomic mass is 10.1. The van der Waals surface area contributed by atoms with Crippen LogP contribution in [-0.2, 0) is 6.42 Å². The number of ether oxygens (including phenoxy) is 1. The third kappa shape index (κ3) is 6.24. The van der Waals surface area contributed by atoms with Crippen LogP contribution in [0.15, 0.2) is 24.3 Å². The number of nitrogens with one attached hydrogen (secondary N) is 1. The summed E-state index contributed by atoms with van der Waals surface area (Å²) >= 11 is 0. The van der Waals surface area contributed by atoms with Crippen LogP contribution in [0.1, 0.15) is 38.7 Å². The Hall–Kier alpha value is -1.75. The molecule has 2 amide bonds. The maximum Gasteiger partial charge on any atom is 0.317 e. The average Bonchev–Trinajstić information content (AvgIpc) is 2.63. The fourth-order valence-corrected chi connectivity index (χ4v) is 3.43. The summed E-state index contributed by atoms with van der Waals surface area (Å²) in [5.41, 5.74) is 1.34. The van der Waals surface area contributed by atoms with Gasteiger partial charge in [0.2, 0.25) is 0 Å². The van der Waals surface area contributed by atoms with E-state index in [9.17, 15) is 4.79 Å². The lowest BCUT2D eigenvalue weighted by molar-refractivity contribution is 0.180. The minimum atomic E-state index is 0.103. The maximum atomic E-state index is 11.7. The summed E-state index contributed by atoms with van der Waals surface area (Å²) in [6, 6.07) is 8.98. The lowest BCUT2D eigenvalue weighted by Crippen LogP contribution is -2.46. The Morgan fingerprint density at radius 1 is 1.28 bits per heavy atom. The second kappa shape index (κ2) is 10.3. The highest BCUT2D eigenvalue weighted by molar-refractivity contribution is 5.74. The molecule has 1 aromatic carbocycles. The first-order valence-corrected chi connectivity index (χ1v) is 9.53. The van der Waals surface area contributed by atoms with Gasteiger partial charge in [0.05, 0.1) is 7.11 Å². The average molecular weight is 348 g/mol. The van der Waals surface area contributed by atoms with E-state index in [1.807, 2.05) is 17.0 Å². The van der Waals surface area contributed by atoms with Crippen molar-refractivity contribution in [3.8, 4) is 5.75 Å². The van der Waals surface area contributed by atoms with Crippen molar-refractivity contribution in [1.82, 2.24) is 15.1 Å². The highest BCUT2D eigenvalue weighted by atomic mass is 16.5. The van der Waals surface area contributed by atoms with Gasteiger partial charge in [-0.05, 0) is 63.4 Å². The third-order valence-electron chi connectivity index (χ3n) is 5.01. The van der Waals surface area contributed by atoms with Crippen LogP contribution in [0.3, 0.4) is 0 Å². The molecule has 0 spiro atoms. The maximum absolute atomic E-state index is 11.7. The van der Waals surface area contributed by atoms with Crippen LogP contribution in [0.2, 0.25) is 0 Å². The van der Waals surface area contributed by atoms with Crippen LogP contribution < -0.4 is 10.1 Å². The van der Waals surface area contributed by atoms with Crippen LogP contribution in [-0.4, -0.2) is 61.7 Å². The number of rotatable bonds is 10. The lowest BCUT2D eigenvalue weighted by Gasteiger charge is -2.30. The molecule has 5 heteroatoms. The molecule has 1 aliphatic rings. The second-order valence-electron chi connectivity index (χ2n) is 6.81. The van der Waals surface area contributed by atoms with Crippen molar-refractivity contribution >= 4 is 6.03 Å². The highest BCUT2D eigenvalue weighted by Gasteiger charge is 2.17. The van der Waals surface area contributed by atoms with Gasteiger partial charge in [-0.1, -0.05) is 19.1 Å². The molecular formula is C20H33N3O2. The van der Waals surface area contributed by atoms with E-state index < -0.39 is 0 Å². The van der Waals surface area contributed by atoms with Gasteiger partial charge in [-0.3, -0.25) is 0 Å². The van der Waals surface area contributed by atoms with Gasteiger partial charge in [0.15, 0.2) is 0 Å². The van der Waals surface area contributed by atoms with Crippen molar-refractivity contribution in [2.24, 2.45) is 0 Å². The van der Waals surface area contributed by atoms with Gasteiger partial charge >= 0.3 is 6.03 Å². The molecule has 1 N–H and O–H groups in total. The first-order chi connectivity index (χ1) is 12.1. The minimum absolute atomic E-state index is 0.103. The number of hydrogen-bond donors (Lipinski definition) is 1. The van der Waals surface area contributed by atoms with Gasteiger partial charge in [0.1, 0.15) is 5.75 Å². The van der Waals surface area contributed by atoms with Gasteiger partial charge in [-0.25, -0.2) is 4.79 Å². The summed E-state index contributed by atoms with van der Waals surface area (Å²) in [4.78, 5) is 16.2. The van der Waals surface area contributed by atoms with Crippen LogP contribution in [0.4, 0.5) is 4.79 Å². The van der Waals surface area contributed by atoms with Crippen molar-refractivity contribution in [2.75, 3.05) is 39.8 Å². The van der Waals surface area contributed by atoms with E-state index in [0.29, 0.717) is 6.04 Å². The number of urea groups is 1. The van der Waals surface area contributed by atoms with E-state index in [0.717, 1.165) is 64.2 Å². The number of carbonyl (C=O) groups excluding carboxylic acids is 1. The van der Waals surface area contributed by atoms with Gasteiger partial charge < -0.3 is 19.9 Å². The number of amides is 2. The van der Waals surface area contributed by atoms with Gasteiger partial charge in [0, 0.05) is 25.7 Å². The van der Waals surface area contributed by atoms with Crippen LogP contribution in [0.5, 0.6) is 5.75 Å². The standard InChI is InChI=1S/C20H33N3O2/c1-4-22(13-5-6-14-23-15-7-12-21-20(23)24)17(2)16-18-8-10-19(25-3)11-9-18/h8-11,17H,4-7,12-16H2,1-3H3,(H,21,24). The predicted molar refractivity (Wildman–Crippen MR) is 102 cm³/mol. The predicted octanol–water partition coefficient (Wildman–Crippen LogP) is 3.14. The molecule has 140 valence electrons. The molecular weight excluding hydrogens is 314 g/mol. The monoisotopic (exact) mass is 347 g/mol. The molecule has 1 heterocycles. The second-order valence-corrected chi connectivity index (χ2v) is 6.81.